The number of hydrogen-bond acceptors (Lipinski definition) is 2. The van der Waals surface area contributed by atoms with Gasteiger partial charge in [-0.3, -0.25) is 0 Å². The Hall–Kier alpha value is -1.51. The smallest absolute Gasteiger partial charge is 0.127 e. The molecule has 2 rings (SSSR count). The van der Waals surface area contributed by atoms with Crippen LogP contribution in [0.3, 0.4) is 0 Å². The Labute approximate surface area is 132 Å². The molecular formula is C18H22ClNO. The summed E-state index contributed by atoms with van der Waals surface area (Å²) in [7, 11) is 0. The molecule has 0 radical (unpaired) electrons. The van der Waals surface area contributed by atoms with Crippen molar-refractivity contribution in [3.05, 3.63) is 59.1 Å². The molecule has 21 heavy (non-hydrogen) atoms. The summed E-state index contributed by atoms with van der Waals surface area (Å²) in [5, 5.41) is 4.08. The van der Waals surface area contributed by atoms with Crippen molar-refractivity contribution in [3.8, 4) is 11.5 Å². The largest absolute Gasteiger partial charge is 0.457 e. The lowest BCUT2D eigenvalue weighted by Gasteiger charge is -2.13. The summed E-state index contributed by atoms with van der Waals surface area (Å²) in [6.45, 7) is 6.47. The highest BCUT2D eigenvalue weighted by Crippen LogP contribution is 2.26. The quantitative estimate of drug-likeness (QED) is 0.707. The average Bonchev–Trinajstić information content (AvgIpc) is 2.50. The van der Waals surface area contributed by atoms with Crippen LogP contribution >= 0.6 is 11.6 Å². The predicted octanol–water partition coefficient (Wildman–Crippen LogP) is 5.24. The maximum absolute atomic E-state index is 5.86. The molecule has 112 valence electrons. The average molecular weight is 304 g/mol. The Morgan fingerprint density at radius 1 is 1.00 bits per heavy atom. The van der Waals surface area contributed by atoms with Gasteiger partial charge >= 0.3 is 0 Å². The summed E-state index contributed by atoms with van der Waals surface area (Å²) in [6.07, 6.45) is 1.14. The van der Waals surface area contributed by atoms with Crippen LogP contribution in [-0.2, 0) is 0 Å². The first kappa shape index (κ1) is 15.9. The number of rotatable bonds is 7. The van der Waals surface area contributed by atoms with Crippen LogP contribution in [0.15, 0.2) is 48.5 Å². The summed E-state index contributed by atoms with van der Waals surface area (Å²) in [6, 6.07) is 15.7. The van der Waals surface area contributed by atoms with Gasteiger partial charge in [0, 0.05) is 5.02 Å². The third-order valence-corrected chi connectivity index (χ3v) is 3.75. The van der Waals surface area contributed by atoms with Crippen LogP contribution in [0.4, 0.5) is 0 Å². The number of hydrogen-bond donors (Lipinski definition) is 1. The van der Waals surface area contributed by atoms with E-state index in [1.54, 1.807) is 0 Å². The molecule has 0 aliphatic heterocycles. The van der Waals surface area contributed by atoms with E-state index in [1.807, 2.05) is 36.4 Å². The van der Waals surface area contributed by atoms with E-state index >= 15 is 0 Å². The minimum Gasteiger partial charge on any atom is -0.457 e. The maximum atomic E-state index is 5.86. The zero-order valence-electron chi connectivity index (χ0n) is 12.6. The normalized spacial score (nSPS) is 12.1. The monoisotopic (exact) mass is 303 g/mol. The van der Waals surface area contributed by atoms with E-state index in [9.17, 15) is 0 Å². The van der Waals surface area contributed by atoms with Crippen LogP contribution in [0.1, 0.15) is 31.7 Å². The lowest BCUT2D eigenvalue weighted by Crippen LogP contribution is -2.15. The van der Waals surface area contributed by atoms with Crippen molar-refractivity contribution in [1.82, 2.24) is 5.32 Å². The second-order valence-corrected chi connectivity index (χ2v) is 5.60. The Morgan fingerprint density at radius 2 is 1.57 bits per heavy atom. The van der Waals surface area contributed by atoms with Crippen molar-refractivity contribution in [2.24, 2.45) is 0 Å². The second kappa shape index (κ2) is 8.06. The molecule has 0 aromatic heterocycles. The fourth-order valence-electron chi connectivity index (χ4n) is 2.17. The Balaban J connectivity index is 1.93. The van der Waals surface area contributed by atoms with E-state index in [-0.39, 0.29) is 0 Å². The van der Waals surface area contributed by atoms with E-state index in [0.717, 1.165) is 31.0 Å². The SMILES string of the molecule is CCNCCC(C)c1ccc(Oc2ccc(Cl)cc2)cc1. The molecule has 0 saturated carbocycles. The van der Waals surface area contributed by atoms with Gasteiger partial charge in [-0.1, -0.05) is 37.6 Å². The summed E-state index contributed by atoms with van der Waals surface area (Å²) in [5.74, 6) is 2.20. The van der Waals surface area contributed by atoms with Crippen molar-refractivity contribution in [2.45, 2.75) is 26.2 Å². The van der Waals surface area contributed by atoms with Crippen LogP contribution in [-0.4, -0.2) is 13.1 Å². The van der Waals surface area contributed by atoms with Gasteiger partial charge < -0.3 is 10.1 Å². The van der Waals surface area contributed by atoms with Gasteiger partial charge in [-0.25, -0.2) is 0 Å². The van der Waals surface area contributed by atoms with Crippen molar-refractivity contribution in [3.63, 3.8) is 0 Å². The van der Waals surface area contributed by atoms with Gasteiger partial charge in [0.25, 0.3) is 0 Å². The van der Waals surface area contributed by atoms with Gasteiger partial charge in [0.15, 0.2) is 0 Å². The zero-order chi connectivity index (χ0) is 15.1. The summed E-state index contributed by atoms with van der Waals surface area (Å²) >= 11 is 5.86. The molecule has 0 amide bonds. The highest BCUT2D eigenvalue weighted by molar-refractivity contribution is 6.30. The number of ether oxygens (including phenoxy) is 1. The first-order valence-electron chi connectivity index (χ1n) is 7.43. The molecule has 0 aliphatic rings. The highest BCUT2D eigenvalue weighted by atomic mass is 35.5. The van der Waals surface area contributed by atoms with Crippen LogP contribution < -0.4 is 10.1 Å². The van der Waals surface area contributed by atoms with Gasteiger partial charge in [0.05, 0.1) is 0 Å². The summed E-state index contributed by atoms with van der Waals surface area (Å²) in [4.78, 5) is 0. The molecule has 0 spiro atoms. The molecule has 2 aromatic rings. The summed E-state index contributed by atoms with van der Waals surface area (Å²) in [5.41, 5.74) is 1.34. The van der Waals surface area contributed by atoms with Crippen molar-refractivity contribution in [1.29, 1.82) is 0 Å². The van der Waals surface area contributed by atoms with E-state index in [1.165, 1.54) is 5.56 Å². The van der Waals surface area contributed by atoms with Crippen molar-refractivity contribution >= 4 is 11.6 Å². The van der Waals surface area contributed by atoms with Crippen LogP contribution in [0.5, 0.6) is 11.5 Å². The molecule has 0 heterocycles. The van der Waals surface area contributed by atoms with Gasteiger partial charge in [0.1, 0.15) is 11.5 Å². The molecule has 0 saturated heterocycles. The predicted molar refractivity (Wildman–Crippen MR) is 89.5 cm³/mol. The first-order valence-corrected chi connectivity index (χ1v) is 7.81. The molecule has 2 aromatic carbocycles. The highest BCUT2D eigenvalue weighted by Gasteiger charge is 2.05. The molecule has 0 aliphatic carbocycles. The number of halogens is 1. The molecule has 2 nitrogen and oxygen atoms in total. The Bertz CT molecular complexity index is 536. The minimum atomic E-state index is 0.550. The topological polar surface area (TPSA) is 21.3 Å². The van der Waals surface area contributed by atoms with E-state index < -0.39 is 0 Å². The molecule has 3 heteroatoms. The van der Waals surface area contributed by atoms with Gasteiger partial charge in [-0.2, -0.15) is 0 Å². The van der Waals surface area contributed by atoms with Crippen LogP contribution in [0.2, 0.25) is 5.02 Å². The van der Waals surface area contributed by atoms with E-state index in [2.05, 4.69) is 31.3 Å². The molecule has 1 unspecified atom stereocenters. The Kier molecular flexibility index (Phi) is 6.09. The first-order chi connectivity index (χ1) is 10.2. The lowest BCUT2D eigenvalue weighted by molar-refractivity contribution is 0.482. The fourth-order valence-corrected chi connectivity index (χ4v) is 2.29. The lowest BCUT2D eigenvalue weighted by atomic mass is 9.98. The standard InChI is InChI=1S/C18H22ClNO/c1-3-20-13-12-14(2)15-4-8-17(9-5-15)21-18-10-6-16(19)7-11-18/h4-11,14,20H,3,12-13H2,1-2H3. The van der Waals surface area contributed by atoms with Crippen molar-refractivity contribution < 1.29 is 4.74 Å². The van der Waals surface area contributed by atoms with Gasteiger partial charge in [-0.15, -0.1) is 0 Å². The molecule has 1 N–H and O–H groups in total. The van der Waals surface area contributed by atoms with Crippen LogP contribution in [0, 0.1) is 0 Å². The number of benzene rings is 2. The molecule has 0 bridgehead atoms. The van der Waals surface area contributed by atoms with Gasteiger partial charge in [-0.05, 0) is 67.4 Å². The minimum absolute atomic E-state index is 0.550. The van der Waals surface area contributed by atoms with E-state index in [0.29, 0.717) is 10.9 Å². The summed E-state index contributed by atoms with van der Waals surface area (Å²) < 4.78 is 5.80. The third-order valence-electron chi connectivity index (χ3n) is 3.50. The zero-order valence-corrected chi connectivity index (χ0v) is 13.4. The van der Waals surface area contributed by atoms with Crippen molar-refractivity contribution in [2.75, 3.05) is 13.1 Å². The fraction of sp³-hybridized carbons (Fsp3) is 0.333. The Morgan fingerprint density at radius 3 is 2.14 bits per heavy atom. The second-order valence-electron chi connectivity index (χ2n) is 5.17. The molecular weight excluding hydrogens is 282 g/mol. The molecule has 1 atom stereocenters. The third kappa shape index (κ3) is 5.07. The van der Waals surface area contributed by atoms with E-state index in [4.69, 9.17) is 16.3 Å². The van der Waals surface area contributed by atoms with Crippen LogP contribution in [0.25, 0.3) is 0 Å². The molecule has 0 fully saturated rings. The van der Waals surface area contributed by atoms with Gasteiger partial charge in [0.2, 0.25) is 0 Å². The maximum Gasteiger partial charge on any atom is 0.127 e. The number of nitrogens with one attached hydrogen (secondary N) is 1.